The number of rotatable bonds is 6. The van der Waals surface area contributed by atoms with Crippen LogP contribution in [0, 0.1) is 0 Å². The van der Waals surface area contributed by atoms with Crippen LogP contribution in [0.15, 0.2) is 35.7 Å². The Morgan fingerprint density at radius 2 is 2.14 bits per heavy atom. The first-order valence-electron chi connectivity index (χ1n) is 6.63. The zero-order valence-electron chi connectivity index (χ0n) is 12.1. The van der Waals surface area contributed by atoms with Crippen molar-refractivity contribution < 1.29 is 14.3 Å². The predicted octanol–water partition coefficient (Wildman–Crippen LogP) is 1.99. The summed E-state index contributed by atoms with van der Waals surface area (Å²) in [6, 6.07) is 8.37. The average Bonchev–Trinajstić information content (AvgIpc) is 3.05. The molecule has 7 nitrogen and oxygen atoms in total. The molecule has 2 amide bonds. The topological polar surface area (TPSA) is 103 Å². The Kier molecular flexibility index (Phi) is 5.59. The van der Waals surface area contributed by atoms with Crippen molar-refractivity contribution in [2.75, 3.05) is 11.6 Å². The van der Waals surface area contributed by atoms with E-state index in [-0.39, 0.29) is 0 Å². The summed E-state index contributed by atoms with van der Waals surface area (Å²) in [4.78, 5) is 12.7. The number of thiophene rings is 1. The highest BCUT2D eigenvalue weighted by Gasteiger charge is 2.19. The van der Waals surface area contributed by atoms with Gasteiger partial charge in [0.25, 0.3) is 0 Å². The fourth-order valence-corrected chi connectivity index (χ4v) is 2.44. The minimum absolute atomic E-state index is 0.354. The van der Waals surface area contributed by atoms with Crippen LogP contribution in [-0.4, -0.2) is 12.6 Å². The fraction of sp³-hybridized carbons (Fsp3) is 0.214. The van der Waals surface area contributed by atoms with Crippen LogP contribution in [0.2, 0.25) is 0 Å². The molecule has 0 aliphatic carbocycles. The maximum atomic E-state index is 11.6. The van der Waals surface area contributed by atoms with E-state index in [9.17, 15) is 4.79 Å². The molecule has 5 N–H and O–H groups in total. The van der Waals surface area contributed by atoms with Crippen molar-refractivity contribution in [2.45, 2.75) is 13.5 Å². The molecule has 0 aliphatic heterocycles. The average molecular weight is 322 g/mol. The molecule has 118 valence electrons. The Labute approximate surface area is 132 Å². The fourth-order valence-electron chi connectivity index (χ4n) is 1.83. The zero-order chi connectivity index (χ0) is 15.9. The standard InChI is InChI=1S/C14H18N4O3S/c1-2-20-12-7-3-6-11(18(16)14(19)17-15)13(12)21-9-10-5-4-8-22-10/h3-8H,2,9,15-16H2,1H3,(H,17,19). The van der Waals surface area contributed by atoms with Crippen LogP contribution < -0.4 is 31.6 Å². The van der Waals surface area contributed by atoms with Gasteiger partial charge in [-0.1, -0.05) is 12.1 Å². The SMILES string of the molecule is CCOc1cccc(N(N)C(=O)NN)c1OCc1cccs1. The Balaban J connectivity index is 2.31. The van der Waals surface area contributed by atoms with E-state index in [1.54, 1.807) is 29.5 Å². The molecule has 0 unspecified atom stereocenters. The predicted molar refractivity (Wildman–Crippen MR) is 85.6 cm³/mol. The van der Waals surface area contributed by atoms with Crippen molar-refractivity contribution in [3.63, 3.8) is 0 Å². The number of amides is 2. The van der Waals surface area contributed by atoms with Crippen LogP contribution in [0.25, 0.3) is 0 Å². The lowest BCUT2D eigenvalue weighted by atomic mass is 10.2. The summed E-state index contributed by atoms with van der Waals surface area (Å²) in [5.41, 5.74) is 2.35. The number of hydrazine groups is 2. The summed E-state index contributed by atoms with van der Waals surface area (Å²) in [5, 5.41) is 2.84. The summed E-state index contributed by atoms with van der Waals surface area (Å²) < 4.78 is 11.4. The summed E-state index contributed by atoms with van der Waals surface area (Å²) in [6.07, 6.45) is 0. The molecule has 0 saturated carbocycles. The van der Waals surface area contributed by atoms with Gasteiger partial charge in [0.1, 0.15) is 12.3 Å². The second-order valence-electron chi connectivity index (χ2n) is 4.22. The van der Waals surface area contributed by atoms with Crippen LogP contribution in [-0.2, 0) is 6.61 Å². The molecule has 0 radical (unpaired) electrons. The van der Waals surface area contributed by atoms with Gasteiger partial charge >= 0.3 is 6.03 Å². The molecular weight excluding hydrogens is 304 g/mol. The monoisotopic (exact) mass is 322 g/mol. The van der Waals surface area contributed by atoms with E-state index < -0.39 is 6.03 Å². The smallest absolute Gasteiger partial charge is 0.350 e. The first-order valence-corrected chi connectivity index (χ1v) is 7.51. The Hall–Kier alpha value is -2.29. The zero-order valence-corrected chi connectivity index (χ0v) is 12.9. The molecule has 1 aromatic carbocycles. The molecular formula is C14H18N4O3S. The summed E-state index contributed by atoms with van der Waals surface area (Å²) in [7, 11) is 0. The maximum Gasteiger partial charge on any atom is 0.350 e. The summed E-state index contributed by atoms with van der Waals surface area (Å²) >= 11 is 1.58. The van der Waals surface area contributed by atoms with Crippen LogP contribution in [0.3, 0.4) is 0 Å². The van der Waals surface area contributed by atoms with Gasteiger partial charge in [0.05, 0.1) is 6.61 Å². The van der Waals surface area contributed by atoms with Crippen LogP contribution in [0.4, 0.5) is 10.5 Å². The van der Waals surface area contributed by atoms with E-state index in [0.717, 1.165) is 9.89 Å². The number of carbonyl (C=O) groups is 1. The van der Waals surface area contributed by atoms with E-state index in [4.69, 9.17) is 21.2 Å². The Bertz CT molecular complexity index is 619. The molecule has 0 spiro atoms. The first-order chi connectivity index (χ1) is 10.7. The van der Waals surface area contributed by atoms with Gasteiger partial charge in [-0.25, -0.2) is 21.5 Å². The number of nitrogens with one attached hydrogen (secondary N) is 1. The van der Waals surface area contributed by atoms with Gasteiger partial charge in [0.15, 0.2) is 11.5 Å². The van der Waals surface area contributed by atoms with Crippen LogP contribution in [0.1, 0.15) is 11.8 Å². The van der Waals surface area contributed by atoms with Crippen molar-refractivity contribution >= 4 is 23.1 Å². The highest BCUT2D eigenvalue weighted by molar-refractivity contribution is 7.09. The molecule has 1 aromatic heterocycles. The van der Waals surface area contributed by atoms with Gasteiger partial charge < -0.3 is 9.47 Å². The lowest BCUT2D eigenvalue weighted by Gasteiger charge is -2.21. The number of anilines is 1. The summed E-state index contributed by atoms with van der Waals surface area (Å²) in [5.74, 6) is 11.8. The lowest BCUT2D eigenvalue weighted by molar-refractivity contribution is 0.245. The number of urea groups is 1. The number of para-hydroxylation sites is 1. The number of hydrogen-bond donors (Lipinski definition) is 3. The molecule has 0 atom stereocenters. The molecule has 0 saturated heterocycles. The third kappa shape index (κ3) is 3.67. The summed E-state index contributed by atoms with van der Waals surface area (Å²) in [6.45, 7) is 2.68. The van der Waals surface area contributed by atoms with Gasteiger partial charge in [-0.2, -0.15) is 0 Å². The van der Waals surface area contributed by atoms with Crippen molar-refractivity contribution in [3.8, 4) is 11.5 Å². The molecule has 2 aromatic rings. The van der Waals surface area contributed by atoms with Gasteiger partial charge in [-0.05, 0) is 30.5 Å². The minimum atomic E-state index is -0.658. The highest BCUT2D eigenvalue weighted by Crippen LogP contribution is 2.37. The first kappa shape index (κ1) is 16.1. The molecule has 0 aliphatic rings. The van der Waals surface area contributed by atoms with Gasteiger partial charge in [0.2, 0.25) is 0 Å². The Morgan fingerprint density at radius 1 is 1.32 bits per heavy atom. The molecule has 2 rings (SSSR count). The molecule has 8 heteroatoms. The second-order valence-corrected chi connectivity index (χ2v) is 5.26. The molecule has 1 heterocycles. The highest BCUT2D eigenvalue weighted by atomic mass is 32.1. The van der Waals surface area contributed by atoms with Crippen LogP contribution in [0.5, 0.6) is 11.5 Å². The van der Waals surface area contributed by atoms with E-state index >= 15 is 0 Å². The van der Waals surface area contributed by atoms with Crippen molar-refractivity contribution in [1.29, 1.82) is 0 Å². The number of nitrogens with zero attached hydrogens (tertiary/aromatic N) is 1. The van der Waals surface area contributed by atoms with Crippen molar-refractivity contribution in [3.05, 3.63) is 40.6 Å². The van der Waals surface area contributed by atoms with Gasteiger partial charge in [0, 0.05) is 4.88 Å². The van der Waals surface area contributed by atoms with Crippen molar-refractivity contribution in [1.82, 2.24) is 5.43 Å². The largest absolute Gasteiger partial charge is 0.490 e. The van der Waals surface area contributed by atoms with Gasteiger partial charge in [-0.3, -0.25) is 5.43 Å². The third-order valence-corrected chi connectivity index (χ3v) is 3.65. The number of carbonyl (C=O) groups excluding carboxylic acids is 1. The van der Waals surface area contributed by atoms with Gasteiger partial charge in [-0.15, -0.1) is 11.3 Å². The molecule has 22 heavy (non-hydrogen) atoms. The van der Waals surface area contributed by atoms with E-state index in [1.807, 2.05) is 29.9 Å². The van der Waals surface area contributed by atoms with E-state index in [1.165, 1.54) is 0 Å². The van der Waals surface area contributed by atoms with E-state index in [2.05, 4.69) is 0 Å². The quantitative estimate of drug-likeness (QED) is 0.429. The normalized spacial score (nSPS) is 10.1. The number of hydrogen-bond acceptors (Lipinski definition) is 6. The maximum absolute atomic E-state index is 11.6. The molecule has 0 bridgehead atoms. The van der Waals surface area contributed by atoms with Crippen LogP contribution >= 0.6 is 11.3 Å². The van der Waals surface area contributed by atoms with Crippen molar-refractivity contribution in [2.24, 2.45) is 11.7 Å². The second kappa shape index (κ2) is 7.64. The van der Waals surface area contributed by atoms with E-state index in [0.29, 0.717) is 30.4 Å². The molecule has 0 fully saturated rings. The minimum Gasteiger partial charge on any atom is -0.490 e. The number of nitrogens with two attached hydrogens (primary N) is 2. The number of ether oxygens (including phenoxy) is 2. The lowest BCUT2D eigenvalue weighted by Crippen LogP contribution is -2.47. The third-order valence-electron chi connectivity index (χ3n) is 2.80. The Morgan fingerprint density at radius 3 is 2.77 bits per heavy atom. The number of benzene rings is 1.